The fourth-order valence-corrected chi connectivity index (χ4v) is 1.69. The summed E-state index contributed by atoms with van der Waals surface area (Å²) in [6.45, 7) is 6.72. The van der Waals surface area contributed by atoms with Crippen molar-refractivity contribution in [2.75, 3.05) is 31.3 Å². The summed E-state index contributed by atoms with van der Waals surface area (Å²) in [5.74, 6) is 1.98. The van der Waals surface area contributed by atoms with Gasteiger partial charge in [0.25, 0.3) is 0 Å². The van der Waals surface area contributed by atoms with Crippen LogP contribution in [0.2, 0.25) is 0 Å². The molecule has 118 valence electrons. The van der Waals surface area contributed by atoms with E-state index in [0.29, 0.717) is 37.0 Å². The van der Waals surface area contributed by atoms with Gasteiger partial charge in [-0.2, -0.15) is 0 Å². The minimum atomic E-state index is -0.211. The van der Waals surface area contributed by atoms with E-state index in [1.54, 1.807) is 20.2 Å². The van der Waals surface area contributed by atoms with Crippen LogP contribution in [-0.4, -0.2) is 42.1 Å². The van der Waals surface area contributed by atoms with Gasteiger partial charge in [-0.05, 0) is 20.8 Å². The molecule has 0 saturated carbocycles. The Morgan fingerprint density at radius 2 is 1.95 bits per heavy atom. The Labute approximate surface area is 125 Å². The molecular weight excluding hydrogens is 270 g/mol. The molecule has 0 aliphatic carbocycles. The molecule has 1 amide bonds. The van der Waals surface area contributed by atoms with Gasteiger partial charge in [0, 0.05) is 38.7 Å². The van der Waals surface area contributed by atoms with E-state index in [9.17, 15) is 4.79 Å². The lowest BCUT2D eigenvalue weighted by atomic mass is 10.1. The largest absolute Gasteiger partial charge is 0.377 e. The summed E-state index contributed by atoms with van der Waals surface area (Å²) in [5.41, 5.74) is -0.211. The van der Waals surface area contributed by atoms with Crippen molar-refractivity contribution in [1.82, 2.24) is 15.3 Å². The summed E-state index contributed by atoms with van der Waals surface area (Å²) in [5, 5.41) is 9.01. The lowest BCUT2D eigenvalue weighted by molar-refractivity contribution is -0.122. The van der Waals surface area contributed by atoms with Crippen molar-refractivity contribution in [3.8, 4) is 0 Å². The molecule has 7 heteroatoms. The highest BCUT2D eigenvalue weighted by molar-refractivity contribution is 5.77. The lowest BCUT2D eigenvalue weighted by Gasteiger charge is -2.20. The number of nitrogens with one attached hydrogen (secondary N) is 3. The van der Waals surface area contributed by atoms with Crippen LogP contribution in [0.1, 0.15) is 33.0 Å². The minimum absolute atomic E-state index is 0.00927. The highest BCUT2D eigenvalue weighted by atomic mass is 16.5. The van der Waals surface area contributed by atoms with E-state index in [1.807, 2.05) is 20.8 Å². The molecule has 3 N–H and O–H groups in total. The highest BCUT2D eigenvalue weighted by Gasteiger charge is 2.13. The van der Waals surface area contributed by atoms with Gasteiger partial charge in [0.15, 0.2) is 5.82 Å². The predicted octanol–water partition coefficient (Wildman–Crippen LogP) is 1.38. The van der Waals surface area contributed by atoms with E-state index in [0.717, 1.165) is 0 Å². The van der Waals surface area contributed by atoms with Crippen molar-refractivity contribution in [2.24, 2.45) is 0 Å². The van der Waals surface area contributed by atoms with Gasteiger partial charge in [0.05, 0.1) is 0 Å². The number of amides is 1. The maximum Gasteiger partial charge on any atom is 0.222 e. The van der Waals surface area contributed by atoms with Gasteiger partial charge in [0.2, 0.25) is 5.91 Å². The van der Waals surface area contributed by atoms with Gasteiger partial charge in [0.1, 0.15) is 18.2 Å². The SMILES string of the molecule is CNc1cc(NCCC(=O)NC(C)(C)C)nc(COC)n1. The van der Waals surface area contributed by atoms with Crippen molar-refractivity contribution in [2.45, 2.75) is 39.3 Å². The average Bonchev–Trinajstić information content (AvgIpc) is 2.36. The van der Waals surface area contributed by atoms with Crippen molar-refractivity contribution in [3.63, 3.8) is 0 Å². The van der Waals surface area contributed by atoms with Gasteiger partial charge < -0.3 is 20.7 Å². The van der Waals surface area contributed by atoms with Crippen LogP contribution in [0.15, 0.2) is 6.07 Å². The van der Waals surface area contributed by atoms with E-state index < -0.39 is 0 Å². The lowest BCUT2D eigenvalue weighted by Crippen LogP contribution is -2.41. The molecule has 21 heavy (non-hydrogen) atoms. The molecule has 7 nitrogen and oxygen atoms in total. The topological polar surface area (TPSA) is 88.2 Å². The molecule has 0 atom stereocenters. The molecule has 1 aromatic heterocycles. The van der Waals surface area contributed by atoms with E-state index in [4.69, 9.17) is 4.74 Å². The van der Waals surface area contributed by atoms with Crippen LogP contribution < -0.4 is 16.0 Å². The van der Waals surface area contributed by atoms with E-state index >= 15 is 0 Å². The van der Waals surface area contributed by atoms with Gasteiger partial charge in [-0.3, -0.25) is 4.79 Å². The number of rotatable bonds is 7. The van der Waals surface area contributed by atoms with Gasteiger partial charge in [-0.25, -0.2) is 9.97 Å². The first-order valence-corrected chi connectivity index (χ1v) is 6.93. The van der Waals surface area contributed by atoms with Crippen LogP contribution in [0.5, 0.6) is 0 Å². The first kappa shape index (κ1) is 17.2. The maximum atomic E-state index is 11.7. The molecule has 0 fully saturated rings. The van der Waals surface area contributed by atoms with Crippen molar-refractivity contribution in [1.29, 1.82) is 0 Å². The molecule has 0 unspecified atom stereocenters. The number of anilines is 2. The summed E-state index contributed by atoms with van der Waals surface area (Å²) in [4.78, 5) is 20.3. The molecule has 0 spiro atoms. The molecule has 1 rings (SSSR count). The zero-order valence-corrected chi connectivity index (χ0v) is 13.4. The summed E-state index contributed by atoms with van der Waals surface area (Å²) < 4.78 is 5.04. The Kier molecular flexibility index (Phi) is 6.36. The summed E-state index contributed by atoms with van der Waals surface area (Å²) in [6, 6.07) is 1.79. The predicted molar refractivity (Wildman–Crippen MR) is 83.3 cm³/mol. The molecule has 0 aliphatic heterocycles. The molecule has 1 aromatic rings. The number of hydrogen-bond acceptors (Lipinski definition) is 6. The Bertz CT molecular complexity index is 471. The zero-order valence-electron chi connectivity index (χ0n) is 13.4. The highest BCUT2D eigenvalue weighted by Crippen LogP contribution is 2.11. The Morgan fingerprint density at radius 3 is 2.52 bits per heavy atom. The quantitative estimate of drug-likeness (QED) is 0.704. The third-order valence-corrected chi connectivity index (χ3v) is 2.47. The molecule has 0 aromatic carbocycles. The Morgan fingerprint density at radius 1 is 1.29 bits per heavy atom. The third kappa shape index (κ3) is 6.89. The molecular formula is C14H25N5O2. The third-order valence-electron chi connectivity index (χ3n) is 2.47. The zero-order chi connectivity index (χ0) is 15.9. The molecule has 0 aliphatic rings. The Hall–Kier alpha value is -1.89. The second kappa shape index (κ2) is 7.78. The summed E-state index contributed by atoms with van der Waals surface area (Å²) >= 11 is 0. The van der Waals surface area contributed by atoms with Crippen LogP contribution in [0.4, 0.5) is 11.6 Å². The smallest absolute Gasteiger partial charge is 0.222 e. The average molecular weight is 295 g/mol. The molecule has 0 saturated heterocycles. The van der Waals surface area contributed by atoms with E-state index in [2.05, 4.69) is 25.9 Å². The summed E-state index contributed by atoms with van der Waals surface area (Å²) in [7, 11) is 3.39. The second-order valence-electron chi connectivity index (χ2n) is 5.71. The summed E-state index contributed by atoms with van der Waals surface area (Å²) in [6.07, 6.45) is 0.385. The minimum Gasteiger partial charge on any atom is -0.377 e. The van der Waals surface area contributed by atoms with E-state index in [-0.39, 0.29) is 11.4 Å². The normalized spacial score (nSPS) is 11.1. The van der Waals surface area contributed by atoms with Gasteiger partial charge in [-0.1, -0.05) is 0 Å². The van der Waals surface area contributed by atoms with Crippen LogP contribution in [0.3, 0.4) is 0 Å². The number of nitrogens with zero attached hydrogens (tertiary/aromatic N) is 2. The standard InChI is InChI=1S/C14H25N5O2/c1-14(2,3)19-13(20)6-7-16-11-8-10(15-4)17-12(18-11)9-21-5/h8H,6-7,9H2,1-5H3,(H,19,20)(H2,15,16,17,18). The molecule has 1 heterocycles. The number of methoxy groups -OCH3 is 1. The van der Waals surface area contributed by atoms with Gasteiger partial charge >= 0.3 is 0 Å². The van der Waals surface area contributed by atoms with Crippen LogP contribution in [-0.2, 0) is 16.1 Å². The van der Waals surface area contributed by atoms with Crippen molar-refractivity contribution >= 4 is 17.5 Å². The Balaban J connectivity index is 2.54. The van der Waals surface area contributed by atoms with Crippen molar-refractivity contribution in [3.05, 3.63) is 11.9 Å². The van der Waals surface area contributed by atoms with Crippen LogP contribution in [0, 0.1) is 0 Å². The number of aromatic nitrogens is 2. The fourth-order valence-electron chi connectivity index (χ4n) is 1.69. The van der Waals surface area contributed by atoms with Crippen LogP contribution in [0.25, 0.3) is 0 Å². The first-order chi connectivity index (χ1) is 9.84. The van der Waals surface area contributed by atoms with E-state index in [1.165, 1.54) is 0 Å². The molecule has 0 radical (unpaired) electrons. The second-order valence-corrected chi connectivity index (χ2v) is 5.71. The fraction of sp³-hybridized carbons (Fsp3) is 0.643. The molecule has 0 bridgehead atoms. The number of carbonyl (C=O) groups excluding carboxylic acids is 1. The van der Waals surface area contributed by atoms with Crippen molar-refractivity contribution < 1.29 is 9.53 Å². The monoisotopic (exact) mass is 295 g/mol. The number of hydrogen-bond donors (Lipinski definition) is 3. The maximum absolute atomic E-state index is 11.7. The van der Waals surface area contributed by atoms with Gasteiger partial charge in [-0.15, -0.1) is 0 Å². The van der Waals surface area contributed by atoms with Crippen LogP contribution >= 0.6 is 0 Å². The number of carbonyl (C=O) groups is 1. The first-order valence-electron chi connectivity index (χ1n) is 6.93. The number of ether oxygens (including phenoxy) is 1.